The number of benzene rings is 2. The maximum absolute atomic E-state index is 12.4. The number of carbonyl (C=O) groups is 1. The van der Waals surface area contributed by atoms with Crippen LogP contribution in [0.3, 0.4) is 0 Å². The SMILES string of the molecule is C=CCn1c(Cc2ccc(OC)cc2)nnc1SCC(=O)Nc1ccc(C(C)C)cc1. The molecular formula is C24H28N4O2S. The first-order valence-corrected chi connectivity index (χ1v) is 11.2. The maximum atomic E-state index is 12.4. The number of nitrogens with one attached hydrogen (secondary N) is 1. The van der Waals surface area contributed by atoms with Gasteiger partial charge < -0.3 is 14.6 Å². The Morgan fingerprint density at radius 2 is 1.87 bits per heavy atom. The van der Waals surface area contributed by atoms with Gasteiger partial charge in [0.15, 0.2) is 5.16 Å². The molecule has 162 valence electrons. The van der Waals surface area contributed by atoms with Crippen molar-refractivity contribution in [1.29, 1.82) is 0 Å². The zero-order valence-corrected chi connectivity index (χ0v) is 19.0. The van der Waals surface area contributed by atoms with E-state index in [1.54, 1.807) is 13.2 Å². The molecule has 1 amide bonds. The number of aromatic nitrogens is 3. The highest BCUT2D eigenvalue weighted by atomic mass is 32.2. The number of thioether (sulfide) groups is 1. The molecule has 1 N–H and O–H groups in total. The minimum atomic E-state index is -0.0767. The Balaban J connectivity index is 1.62. The average molecular weight is 437 g/mol. The Hall–Kier alpha value is -3.06. The maximum Gasteiger partial charge on any atom is 0.234 e. The van der Waals surface area contributed by atoms with Crippen molar-refractivity contribution in [3.63, 3.8) is 0 Å². The third-order valence-corrected chi connectivity index (χ3v) is 5.79. The number of anilines is 1. The largest absolute Gasteiger partial charge is 0.497 e. The molecule has 0 saturated heterocycles. The number of allylic oxidation sites excluding steroid dienone is 1. The molecule has 0 radical (unpaired) electrons. The lowest BCUT2D eigenvalue weighted by molar-refractivity contribution is -0.113. The van der Waals surface area contributed by atoms with Crippen molar-refractivity contribution < 1.29 is 9.53 Å². The molecular weight excluding hydrogens is 408 g/mol. The van der Waals surface area contributed by atoms with Crippen LogP contribution < -0.4 is 10.1 Å². The molecule has 1 aromatic heterocycles. The van der Waals surface area contributed by atoms with Gasteiger partial charge in [0.1, 0.15) is 11.6 Å². The predicted molar refractivity (Wildman–Crippen MR) is 126 cm³/mol. The Kier molecular flexibility index (Phi) is 7.89. The zero-order valence-electron chi connectivity index (χ0n) is 18.2. The van der Waals surface area contributed by atoms with Gasteiger partial charge in [-0.3, -0.25) is 4.79 Å². The van der Waals surface area contributed by atoms with E-state index >= 15 is 0 Å². The molecule has 31 heavy (non-hydrogen) atoms. The molecule has 0 saturated carbocycles. The van der Waals surface area contributed by atoms with Crippen molar-refractivity contribution in [3.05, 3.63) is 78.1 Å². The lowest BCUT2D eigenvalue weighted by Crippen LogP contribution is -2.15. The van der Waals surface area contributed by atoms with E-state index in [0.717, 1.165) is 22.8 Å². The van der Waals surface area contributed by atoms with Crippen molar-refractivity contribution in [2.24, 2.45) is 0 Å². The van der Waals surface area contributed by atoms with E-state index in [0.29, 0.717) is 24.0 Å². The number of methoxy groups -OCH3 is 1. The Morgan fingerprint density at radius 3 is 2.48 bits per heavy atom. The van der Waals surface area contributed by atoms with Gasteiger partial charge in [0.2, 0.25) is 5.91 Å². The summed E-state index contributed by atoms with van der Waals surface area (Å²) in [6.07, 6.45) is 2.45. The summed E-state index contributed by atoms with van der Waals surface area (Å²) in [6.45, 7) is 8.71. The summed E-state index contributed by atoms with van der Waals surface area (Å²) in [6, 6.07) is 15.8. The Labute approximate surface area is 187 Å². The number of hydrogen-bond donors (Lipinski definition) is 1. The molecule has 0 unspecified atom stereocenters. The molecule has 0 spiro atoms. The number of ether oxygens (including phenoxy) is 1. The molecule has 3 aromatic rings. The molecule has 1 heterocycles. The number of hydrogen-bond acceptors (Lipinski definition) is 5. The molecule has 0 aliphatic heterocycles. The smallest absolute Gasteiger partial charge is 0.234 e. The molecule has 0 aliphatic carbocycles. The van der Waals surface area contributed by atoms with E-state index in [9.17, 15) is 4.79 Å². The Bertz CT molecular complexity index is 1010. The van der Waals surface area contributed by atoms with Crippen molar-refractivity contribution in [2.75, 3.05) is 18.2 Å². The van der Waals surface area contributed by atoms with Gasteiger partial charge in [-0.2, -0.15) is 0 Å². The number of carbonyl (C=O) groups excluding carboxylic acids is 1. The van der Waals surface area contributed by atoms with Crippen LogP contribution in [0.15, 0.2) is 66.3 Å². The van der Waals surface area contributed by atoms with Crippen LogP contribution >= 0.6 is 11.8 Å². The second kappa shape index (κ2) is 10.8. The summed E-state index contributed by atoms with van der Waals surface area (Å²) in [5.41, 5.74) is 3.15. The normalized spacial score (nSPS) is 10.8. The van der Waals surface area contributed by atoms with Crippen LogP contribution in [0.4, 0.5) is 5.69 Å². The van der Waals surface area contributed by atoms with E-state index in [-0.39, 0.29) is 11.7 Å². The summed E-state index contributed by atoms with van der Waals surface area (Å²) in [5.74, 6) is 2.29. The molecule has 0 fully saturated rings. The van der Waals surface area contributed by atoms with Gasteiger partial charge in [0.05, 0.1) is 12.9 Å². The minimum Gasteiger partial charge on any atom is -0.497 e. The quantitative estimate of drug-likeness (QED) is 0.361. The Morgan fingerprint density at radius 1 is 1.16 bits per heavy atom. The second-order valence-electron chi connectivity index (χ2n) is 7.44. The highest BCUT2D eigenvalue weighted by Crippen LogP contribution is 2.21. The van der Waals surface area contributed by atoms with Gasteiger partial charge in [-0.1, -0.05) is 56.0 Å². The standard InChI is InChI=1S/C24H28N4O2S/c1-5-14-28-22(15-18-6-12-21(30-4)13-7-18)26-27-24(28)31-16-23(29)25-20-10-8-19(9-11-20)17(2)3/h5-13,17H,1,14-16H2,2-4H3,(H,25,29). The molecule has 0 bridgehead atoms. The monoisotopic (exact) mass is 436 g/mol. The highest BCUT2D eigenvalue weighted by molar-refractivity contribution is 7.99. The lowest BCUT2D eigenvalue weighted by atomic mass is 10.0. The van der Waals surface area contributed by atoms with Crippen LogP contribution in [0, 0.1) is 0 Å². The first-order chi connectivity index (χ1) is 15.0. The van der Waals surface area contributed by atoms with E-state index in [1.807, 2.05) is 53.1 Å². The highest BCUT2D eigenvalue weighted by Gasteiger charge is 2.14. The van der Waals surface area contributed by atoms with Gasteiger partial charge in [0.25, 0.3) is 0 Å². The summed E-state index contributed by atoms with van der Waals surface area (Å²) < 4.78 is 7.20. The first-order valence-electron chi connectivity index (χ1n) is 10.2. The van der Waals surface area contributed by atoms with E-state index < -0.39 is 0 Å². The predicted octanol–water partition coefficient (Wildman–Crippen LogP) is 4.92. The van der Waals surface area contributed by atoms with Crippen LogP contribution in [0.25, 0.3) is 0 Å². The van der Waals surface area contributed by atoms with Gasteiger partial charge in [-0.15, -0.1) is 16.8 Å². The molecule has 0 aliphatic rings. The van der Waals surface area contributed by atoms with Crippen LogP contribution in [-0.2, 0) is 17.8 Å². The van der Waals surface area contributed by atoms with Crippen LogP contribution in [0.5, 0.6) is 5.75 Å². The fraction of sp³-hybridized carbons (Fsp3) is 0.292. The fourth-order valence-corrected chi connectivity index (χ4v) is 3.84. The van der Waals surface area contributed by atoms with Crippen LogP contribution in [0.2, 0.25) is 0 Å². The average Bonchev–Trinajstić information content (AvgIpc) is 3.14. The zero-order chi connectivity index (χ0) is 22.2. The van der Waals surface area contributed by atoms with Crippen molar-refractivity contribution >= 4 is 23.4 Å². The third kappa shape index (κ3) is 6.21. The summed E-state index contributed by atoms with van der Waals surface area (Å²) in [5, 5.41) is 12.3. The molecule has 2 aromatic carbocycles. The van der Waals surface area contributed by atoms with E-state index in [1.165, 1.54) is 17.3 Å². The first kappa shape index (κ1) is 22.6. The van der Waals surface area contributed by atoms with Gasteiger partial charge in [-0.25, -0.2) is 0 Å². The van der Waals surface area contributed by atoms with Crippen LogP contribution in [-0.4, -0.2) is 33.5 Å². The molecule has 6 nitrogen and oxygen atoms in total. The van der Waals surface area contributed by atoms with Crippen molar-refractivity contribution in [1.82, 2.24) is 14.8 Å². The summed E-state index contributed by atoms with van der Waals surface area (Å²) >= 11 is 1.37. The second-order valence-corrected chi connectivity index (χ2v) is 8.38. The van der Waals surface area contributed by atoms with Crippen molar-refractivity contribution in [2.45, 2.75) is 37.9 Å². The minimum absolute atomic E-state index is 0.0767. The summed E-state index contributed by atoms with van der Waals surface area (Å²) in [4.78, 5) is 12.4. The summed E-state index contributed by atoms with van der Waals surface area (Å²) in [7, 11) is 1.65. The lowest BCUT2D eigenvalue weighted by Gasteiger charge is -2.09. The number of rotatable bonds is 10. The van der Waals surface area contributed by atoms with Crippen LogP contribution in [0.1, 0.15) is 36.7 Å². The van der Waals surface area contributed by atoms with E-state index in [4.69, 9.17) is 4.74 Å². The fourth-order valence-electron chi connectivity index (χ4n) is 3.07. The molecule has 0 atom stereocenters. The van der Waals surface area contributed by atoms with Gasteiger partial charge in [0, 0.05) is 18.7 Å². The third-order valence-electron chi connectivity index (χ3n) is 4.82. The topological polar surface area (TPSA) is 69.0 Å². The number of amides is 1. The molecule has 7 heteroatoms. The van der Waals surface area contributed by atoms with Crippen molar-refractivity contribution in [3.8, 4) is 5.75 Å². The van der Waals surface area contributed by atoms with E-state index in [2.05, 4.69) is 35.9 Å². The van der Waals surface area contributed by atoms with Gasteiger partial charge >= 0.3 is 0 Å². The number of nitrogens with zero attached hydrogens (tertiary/aromatic N) is 3. The molecule has 3 rings (SSSR count). The van der Waals surface area contributed by atoms with Gasteiger partial charge in [-0.05, 0) is 41.3 Å².